The van der Waals surface area contributed by atoms with Gasteiger partial charge in [0.15, 0.2) is 0 Å². The van der Waals surface area contributed by atoms with Gasteiger partial charge < -0.3 is 4.74 Å². The molecular weight excluding hydrogens is 300 g/mol. The number of hydrogen-bond donors (Lipinski definition) is 1. The Morgan fingerprint density at radius 3 is 2.25 bits per heavy atom. The number of carbonyl (C=O) groups is 1. The predicted octanol–water partition coefficient (Wildman–Crippen LogP) is 4.27. The van der Waals surface area contributed by atoms with Crippen LogP contribution in [0.1, 0.15) is 48.3 Å². The zero-order valence-electron chi connectivity index (χ0n) is 14.6. The van der Waals surface area contributed by atoms with Crippen molar-refractivity contribution < 1.29 is 9.53 Å². The Morgan fingerprint density at radius 1 is 1.00 bits per heavy atom. The smallest absolute Gasteiger partial charge is 0.292 e. The summed E-state index contributed by atoms with van der Waals surface area (Å²) >= 11 is 0. The fourth-order valence-corrected chi connectivity index (χ4v) is 2.29. The average Bonchev–Trinajstić information content (AvgIpc) is 2.55. The molecule has 0 fully saturated rings. The fourth-order valence-electron chi connectivity index (χ4n) is 2.29. The summed E-state index contributed by atoms with van der Waals surface area (Å²) in [6, 6.07) is 17.5. The summed E-state index contributed by atoms with van der Waals surface area (Å²) in [5.74, 6) is -0.215. The van der Waals surface area contributed by atoms with Crippen LogP contribution in [-0.2, 0) is 4.74 Å². The zero-order valence-corrected chi connectivity index (χ0v) is 14.6. The third kappa shape index (κ3) is 4.95. The van der Waals surface area contributed by atoms with E-state index in [1.165, 1.54) is 0 Å². The molecule has 2 rings (SSSR count). The molecule has 24 heavy (non-hydrogen) atoms. The molecule has 0 radical (unpaired) electrons. The van der Waals surface area contributed by atoms with Crippen LogP contribution in [0.3, 0.4) is 0 Å². The number of amides is 1. The van der Waals surface area contributed by atoms with Gasteiger partial charge in [0, 0.05) is 5.56 Å². The number of benzene rings is 2. The minimum absolute atomic E-state index is 0.0797. The molecule has 1 atom stereocenters. The van der Waals surface area contributed by atoms with E-state index in [2.05, 4.69) is 10.3 Å². The van der Waals surface area contributed by atoms with Gasteiger partial charge in [0.1, 0.15) is 0 Å². The monoisotopic (exact) mass is 324 g/mol. The minimum atomic E-state index is -0.215. The first kappa shape index (κ1) is 17.7. The number of amidine groups is 1. The van der Waals surface area contributed by atoms with Crippen molar-refractivity contribution in [1.82, 2.24) is 5.32 Å². The van der Waals surface area contributed by atoms with Gasteiger partial charge >= 0.3 is 0 Å². The van der Waals surface area contributed by atoms with E-state index in [0.29, 0.717) is 5.56 Å². The second-order valence-electron chi connectivity index (χ2n) is 5.96. The van der Waals surface area contributed by atoms with Crippen LogP contribution in [0.25, 0.3) is 0 Å². The van der Waals surface area contributed by atoms with Crippen LogP contribution < -0.4 is 5.32 Å². The number of rotatable bonds is 4. The van der Waals surface area contributed by atoms with Crippen molar-refractivity contribution in [2.24, 2.45) is 4.99 Å². The molecule has 126 valence electrons. The highest BCUT2D eigenvalue weighted by atomic mass is 16.5. The second-order valence-corrected chi connectivity index (χ2v) is 5.96. The van der Waals surface area contributed by atoms with Crippen molar-refractivity contribution in [2.75, 3.05) is 0 Å². The number of nitrogens with zero attached hydrogens (tertiary/aromatic N) is 1. The van der Waals surface area contributed by atoms with E-state index in [0.717, 1.165) is 11.1 Å². The largest absolute Gasteiger partial charge is 0.462 e. The average molecular weight is 324 g/mol. The Morgan fingerprint density at radius 2 is 1.62 bits per heavy atom. The van der Waals surface area contributed by atoms with Gasteiger partial charge in [-0.2, -0.15) is 0 Å². The molecule has 4 nitrogen and oxygen atoms in total. The quantitative estimate of drug-likeness (QED) is 0.674. The van der Waals surface area contributed by atoms with Crippen molar-refractivity contribution in [3.05, 3.63) is 71.3 Å². The molecule has 1 unspecified atom stereocenters. The molecule has 4 heteroatoms. The highest BCUT2D eigenvalue weighted by Crippen LogP contribution is 2.16. The number of ether oxygens (including phenoxy) is 1. The van der Waals surface area contributed by atoms with Gasteiger partial charge in [0.25, 0.3) is 11.9 Å². The summed E-state index contributed by atoms with van der Waals surface area (Å²) in [5.41, 5.74) is 2.59. The number of hydrogen-bond acceptors (Lipinski definition) is 3. The highest BCUT2D eigenvalue weighted by Gasteiger charge is 2.14. The van der Waals surface area contributed by atoms with Gasteiger partial charge in [-0.05, 0) is 44.9 Å². The number of aliphatic imine (C=N–C) groups is 1. The molecular formula is C20H24N2O2. The van der Waals surface area contributed by atoms with Crippen molar-refractivity contribution in [3.63, 3.8) is 0 Å². The third-order valence-corrected chi connectivity index (χ3v) is 3.55. The topological polar surface area (TPSA) is 50.7 Å². The van der Waals surface area contributed by atoms with E-state index in [1.807, 2.05) is 76.2 Å². The summed E-state index contributed by atoms with van der Waals surface area (Å²) in [7, 11) is 0. The molecule has 0 aliphatic rings. The predicted molar refractivity (Wildman–Crippen MR) is 97.2 cm³/mol. The molecule has 2 aromatic carbocycles. The molecule has 0 aliphatic heterocycles. The van der Waals surface area contributed by atoms with Crippen LogP contribution in [0.2, 0.25) is 0 Å². The molecule has 0 aliphatic carbocycles. The molecule has 0 spiro atoms. The number of aryl methyl sites for hydroxylation is 1. The maximum absolute atomic E-state index is 12.5. The Hall–Kier alpha value is -2.62. The van der Waals surface area contributed by atoms with E-state index in [-0.39, 0.29) is 24.1 Å². The van der Waals surface area contributed by atoms with Crippen LogP contribution in [-0.4, -0.2) is 18.0 Å². The van der Waals surface area contributed by atoms with Crippen molar-refractivity contribution in [3.8, 4) is 0 Å². The Labute approximate surface area is 143 Å². The summed E-state index contributed by atoms with van der Waals surface area (Å²) in [6.45, 7) is 7.69. The van der Waals surface area contributed by atoms with Crippen LogP contribution in [0.5, 0.6) is 0 Å². The first-order chi connectivity index (χ1) is 11.5. The van der Waals surface area contributed by atoms with Gasteiger partial charge in [-0.25, -0.2) is 4.99 Å². The third-order valence-electron chi connectivity index (χ3n) is 3.55. The number of nitrogens with one attached hydrogen (secondary N) is 1. The maximum atomic E-state index is 12.5. The molecule has 0 saturated carbocycles. The zero-order chi connectivity index (χ0) is 17.5. The van der Waals surface area contributed by atoms with Crippen molar-refractivity contribution in [1.29, 1.82) is 0 Å². The summed E-state index contributed by atoms with van der Waals surface area (Å²) < 4.78 is 5.69. The highest BCUT2D eigenvalue weighted by molar-refractivity contribution is 6.05. The van der Waals surface area contributed by atoms with Gasteiger partial charge in [0.05, 0.1) is 12.1 Å². The van der Waals surface area contributed by atoms with Crippen LogP contribution in [0.15, 0.2) is 59.6 Å². The fraction of sp³-hybridized carbons (Fsp3) is 0.300. The van der Waals surface area contributed by atoms with Gasteiger partial charge in [-0.1, -0.05) is 48.5 Å². The number of carbonyl (C=O) groups excluding carboxylic acids is 1. The normalized spacial score (nSPS) is 12.8. The molecule has 1 amide bonds. The maximum Gasteiger partial charge on any atom is 0.292 e. The summed E-state index contributed by atoms with van der Waals surface area (Å²) in [5, 5.41) is 2.79. The molecule has 2 aromatic rings. The standard InChI is InChI=1S/C20H24N2O2/c1-14(2)24-20(21-16(4)17-11-6-5-7-12-17)22-19(23)18-13-9-8-10-15(18)3/h5-14,16H,1-4H3,(H,21,22,23). The first-order valence-electron chi connectivity index (χ1n) is 8.13. The SMILES string of the molecule is Cc1ccccc1C(=O)NC(=NC(C)c1ccccc1)OC(C)C. The van der Waals surface area contributed by atoms with Crippen molar-refractivity contribution in [2.45, 2.75) is 39.8 Å². The summed E-state index contributed by atoms with van der Waals surface area (Å²) in [4.78, 5) is 17.0. The van der Waals surface area contributed by atoms with E-state index >= 15 is 0 Å². The molecule has 0 aromatic heterocycles. The Kier molecular flexibility index (Phi) is 6.13. The van der Waals surface area contributed by atoms with E-state index in [1.54, 1.807) is 6.07 Å². The second kappa shape index (κ2) is 8.29. The van der Waals surface area contributed by atoms with E-state index in [4.69, 9.17) is 4.74 Å². The molecule has 0 bridgehead atoms. The van der Waals surface area contributed by atoms with Crippen LogP contribution in [0.4, 0.5) is 0 Å². The van der Waals surface area contributed by atoms with Gasteiger partial charge in [-0.3, -0.25) is 10.1 Å². The Bertz CT molecular complexity index is 709. The molecule has 1 N–H and O–H groups in total. The lowest BCUT2D eigenvalue weighted by Crippen LogP contribution is -2.35. The van der Waals surface area contributed by atoms with Crippen LogP contribution >= 0.6 is 0 Å². The van der Waals surface area contributed by atoms with E-state index in [9.17, 15) is 4.79 Å². The lowest BCUT2D eigenvalue weighted by atomic mass is 10.1. The lowest BCUT2D eigenvalue weighted by Gasteiger charge is -2.16. The summed E-state index contributed by atoms with van der Waals surface area (Å²) in [6.07, 6.45) is -0.0797. The molecule has 0 heterocycles. The first-order valence-corrected chi connectivity index (χ1v) is 8.13. The van der Waals surface area contributed by atoms with Crippen molar-refractivity contribution >= 4 is 11.9 Å². The van der Waals surface area contributed by atoms with Gasteiger partial charge in [-0.15, -0.1) is 0 Å². The van der Waals surface area contributed by atoms with Gasteiger partial charge in [0.2, 0.25) is 0 Å². The van der Waals surface area contributed by atoms with E-state index < -0.39 is 0 Å². The lowest BCUT2D eigenvalue weighted by molar-refractivity contribution is 0.0959. The Balaban J connectivity index is 2.20. The minimum Gasteiger partial charge on any atom is -0.462 e. The molecule has 0 saturated heterocycles. The van der Waals surface area contributed by atoms with Crippen LogP contribution in [0, 0.1) is 6.92 Å².